The summed E-state index contributed by atoms with van der Waals surface area (Å²) in [5.41, 5.74) is 1.40. The minimum Gasteiger partial charge on any atom is -0.477 e. The second-order valence-electron chi connectivity index (χ2n) is 6.69. The number of carbonyl (C=O) groups excluding carboxylic acids is 1. The molecule has 0 aliphatic carbocycles. The van der Waals surface area contributed by atoms with E-state index in [1.165, 1.54) is 0 Å². The molecular formula is C18H23N3O3. The molecule has 1 atom stereocenters. The highest BCUT2D eigenvalue weighted by Gasteiger charge is 2.18. The van der Waals surface area contributed by atoms with E-state index in [0.29, 0.717) is 12.2 Å². The number of amides is 1. The van der Waals surface area contributed by atoms with Gasteiger partial charge in [0.05, 0.1) is 5.52 Å². The average molecular weight is 329 g/mol. The molecule has 0 aliphatic rings. The minimum atomic E-state index is -0.516. The second kappa shape index (κ2) is 7.26. The van der Waals surface area contributed by atoms with Crippen LogP contribution in [0, 0.1) is 11.3 Å². The summed E-state index contributed by atoms with van der Waals surface area (Å²) in [4.78, 5) is 15.0. The summed E-state index contributed by atoms with van der Waals surface area (Å²) < 4.78 is 10.7. The molecular weight excluding hydrogens is 306 g/mol. The molecule has 0 unspecified atom stereocenters. The van der Waals surface area contributed by atoms with E-state index in [-0.39, 0.29) is 12.6 Å². The molecule has 6 nitrogen and oxygen atoms in total. The quantitative estimate of drug-likeness (QED) is 0.878. The monoisotopic (exact) mass is 329 g/mol. The number of alkyl carbamates (subject to hydrolysis) is 1. The number of ether oxygens (including phenoxy) is 2. The number of rotatable bonds is 5. The third-order valence-electron chi connectivity index (χ3n) is 3.34. The van der Waals surface area contributed by atoms with E-state index in [1.54, 1.807) is 0 Å². The van der Waals surface area contributed by atoms with Gasteiger partial charge in [-0.25, -0.2) is 4.79 Å². The number of hydrogen-bond acceptors (Lipinski definition) is 4. The highest BCUT2D eigenvalue weighted by atomic mass is 16.6. The Bertz CT molecular complexity index is 753. The number of para-hydroxylation sites is 1. The van der Waals surface area contributed by atoms with Crippen molar-refractivity contribution in [1.82, 2.24) is 10.3 Å². The standard InChI is InChI=1S/C18H23N3O3/c1-12(21-17(22)24-18(2,3)4)10-13-11-20-16-14(13)6-5-7-15(16)23-9-8-19/h5-7,11-12,20H,9-10H2,1-4H3,(H,21,22)/t12-/m0/s1. The van der Waals surface area contributed by atoms with Crippen LogP contribution in [0.4, 0.5) is 4.79 Å². The van der Waals surface area contributed by atoms with Gasteiger partial charge in [0, 0.05) is 17.6 Å². The lowest BCUT2D eigenvalue weighted by atomic mass is 10.1. The van der Waals surface area contributed by atoms with Crippen LogP contribution >= 0.6 is 0 Å². The van der Waals surface area contributed by atoms with Crippen molar-refractivity contribution in [2.24, 2.45) is 0 Å². The predicted octanol–water partition coefficient (Wildman–Crippen LogP) is 3.53. The van der Waals surface area contributed by atoms with Crippen LogP contribution in [0.25, 0.3) is 10.9 Å². The van der Waals surface area contributed by atoms with Crippen molar-refractivity contribution in [2.75, 3.05) is 6.61 Å². The fourth-order valence-electron chi connectivity index (χ4n) is 2.47. The van der Waals surface area contributed by atoms with Crippen LogP contribution in [-0.4, -0.2) is 29.3 Å². The number of nitriles is 1. The van der Waals surface area contributed by atoms with Crippen molar-refractivity contribution < 1.29 is 14.3 Å². The van der Waals surface area contributed by atoms with E-state index >= 15 is 0 Å². The third kappa shape index (κ3) is 4.66. The molecule has 1 aromatic heterocycles. The minimum absolute atomic E-state index is 0.00404. The molecule has 24 heavy (non-hydrogen) atoms. The number of H-pyrrole nitrogens is 1. The molecule has 0 saturated carbocycles. The number of nitrogens with one attached hydrogen (secondary N) is 2. The lowest BCUT2D eigenvalue weighted by Crippen LogP contribution is -2.38. The van der Waals surface area contributed by atoms with Gasteiger partial charge in [-0.2, -0.15) is 5.26 Å². The average Bonchev–Trinajstić information content (AvgIpc) is 2.86. The van der Waals surface area contributed by atoms with Gasteiger partial charge in [-0.05, 0) is 45.7 Å². The van der Waals surface area contributed by atoms with Crippen LogP contribution in [0.1, 0.15) is 33.3 Å². The Morgan fingerprint density at radius 3 is 2.83 bits per heavy atom. The van der Waals surface area contributed by atoms with Crippen molar-refractivity contribution >= 4 is 17.0 Å². The molecule has 0 radical (unpaired) electrons. The van der Waals surface area contributed by atoms with Gasteiger partial charge < -0.3 is 19.8 Å². The van der Waals surface area contributed by atoms with E-state index in [0.717, 1.165) is 16.5 Å². The second-order valence-corrected chi connectivity index (χ2v) is 6.69. The first kappa shape index (κ1) is 17.7. The van der Waals surface area contributed by atoms with Gasteiger partial charge in [0.15, 0.2) is 6.61 Å². The summed E-state index contributed by atoms with van der Waals surface area (Å²) in [5, 5.41) is 12.5. The van der Waals surface area contributed by atoms with Crippen LogP contribution in [-0.2, 0) is 11.2 Å². The lowest BCUT2D eigenvalue weighted by Gasteiger charge is -2.21. The Morgan fingerprint density at radius 1 is 1.42 bits per heavy atom. The Balaban J connectivity index is 2.07. The van der Waals surface area contributed by atoms with Crippen LogP contribution in [0.15, 0.2) is 24.4 Å². The zero-order valence-corrected chi connectivity index (χ0v) is 14.5. The van der Waals surface area contributed by atoms with Crippen molar-refractivity contribution in [3.05, 3.63) is 30.0 Å². The summed E-state index contributed by atoms with van der Waals surface area (Å²) in [6, 6.07) is 7.58. The summed E-state index contributed by atoms with van der Waals surface area (Å²) in [5.74, 6) is 0.646. The highest BCUT2D eigenvalue weighted by molar-refractivity contribution is 5.88. The zero-order valence-electron chi connectivity index (χ0n) is 14.5. The summed E-state index contributed by atoms with van der Waals surface area (Å²) in [7, 11) is 0. The van der Waals surface area contributed by atoms with Gasteiger partial charge in [-0.3, -0.25) is 0 Å². The zero-order chi connectivity index (χ0) is 17.7. The molecule has 1 heterocycles. The van der Waals surface area contributed by atoms with E-state index < -0.39 is 11.7 Å². The molecule has 6 heteroatoms. The lowest BCUT2D eigenvalue weighted by molar-refractivity contribution is 0.0508. The van der Waals surface area contributed by atoms with Gasteiger partial charge in [0.2, 0.25) is 0 Å². The molecule has 2 rings (SSSR count). The molecule has 0 aliphatic heterocycles. The largest absolute Gasteiger partial charge is 0.477 e. The topological polar surface area (TPSA) is 87.1 Å². The smallest absolute Gasteiger partial charge is 0.407 e. The molecule has 2 aromatic rings. The molecule has 0 saturated heterocycles. The van der Waals surface area contributed by atoms with Crippen molar-refractivity contribution in [2.45, 2.75) is 45.8 Å². The molecule has 2 N–H and O–H groups in total. The van der Waals surface area contributed by atoms with Crippen molar-refractivity contribution in [3.8, 4) is 11.8 Å². The van der Waals surface area contributed by atoms with Crippen LogP contribution < -0.4 is 10.1 Å². The van der Waals surface area contributed by atoms with Gasteiger partial charge in [0.25, 0.3) is 0 Å². The fourth-order valence-corrected chi connectivity index (χ4v) is 2.47. The van der Waals surface area contributed by atoms with Gasteiger partial charge in [-0.15, -0.1) is 0 Å². The predicted molar refractivity (Wildman–Crippen MR) is 91.9 cm³/mol. The summed E-state index contributed by atoms with van der Waals surface area (Å²) >= 11 is 0. The third-order valence-corrected chi connectivity index (χ3v) is 3.34. The molecule has 1 aromatic carbocycles. The maximum Gasteiger partial charge on any atom is 0.407 e. The van der Waals surface area contributed by atoms with Gasteiger partial charge >= 0.3 is 6.09 Å². The Hall–Kier alpha value is -2.68. The van der Waals surface area contributed by atoms with Gasteiger partial charge in [-0.1, -0.05) is 12.1 Å². The first-order valence-corrected chi connectivity index (χ1v) is 7.88. The number of fused-ring (bicyclic) bond motifs is 1. The first-order valence-electron chi connectivity index (χ1n) is 7.88. The highest BCUT2D eigenvalue weighted by Crippen LogP contribution is 2.28. The Morgan fingerprint density at radius 2 is 2.17 bits per heavy atom. The number of aromatic nitrogens is 1. The van der Waals surface area contributed by atoms with Crippen LogP contribution in [0.3, 0.4) is 0 Å². The SMILES string of the molecule is C[C@@H](Cc1c[nH]c2c(OCC#N)cccc12)NC(=O)OC(C)(C)C. The molecule has 0 spiro atoms. The molecule has 128 valence electrons. The molecule has 0 bridgehead atoms. The van der Waals surface area contributed by atoms with Crippen molar-refractivity contribution in [3.63, 3.8) is 0 Å². The van der Waals surface area contributed by atoms with E-state index in [1.807, 2.05) is 58.2 Å². The van der Waals surface area contributed by atoms with E-state index in [2.05, 4.69) is 10.3 Å². The summed E-state index contributed by atoms with van der Waals surface area (Å²) in [6.07, 6.45) is 2.13. The number of carbonyl (C=O) groups is 1. The maximum atomic E-state index is 11.8. The molecule has 1 amide bonds. The maximum absolute atomic E-state index is 11.8. The fraction of sp³-hybridized carbons (Fsp3) is 0.444. The first-order chi connectivity index (χ1) is 11.3. The van der Waals surface area contributed by atoms with E-state index in [4.69, 9.17) is 14.7 Å². The number of hydrogen-bond donors (Lipinski definition) is 2. The summed E-state index contributed by atoms with van der Waals surface area (Å²) in [6.45, 7) is 7.43. The van der Waals surface area contributed by atoms with Crippen LogP contribution in [0.2, 0.25) is 0 Å². The Labute approximate surface area is 141 Å². The van der Waals surface area contributed by atoms with Gasteiger partial charge in [0.1, 0.15) is 17.4 Å². The number of nitrogens with zero attached hydrogens (tertiary/aromatic N) is 1. The number of benzene rings is 1. The van der Waals surface area contributed by atoms with Crippen LogP contribution in [0.5, 0.6) is 5.75 Å². The Kier molecular flexibility index (Phi) is 5.35. The van der Waals surface area contributed by atoms with E-state index in [9.17, 15) is 4.79 Å². The normalized spacial score (nSPS) is 12.5. The molecule has 0 fully saturated rings. The van der Waals surface area contributed by atoms with Crippen molar-refractivity contribution in [1.29, 1.82) is 5.26 Å². The number of aromatic amines is 1.